The summed E-state index contributed by atoms with van der Waals surface area (Å²) in [5, 5.41) is 34.8. The fourth-order valence-corrected chi connectivity index (χ4v) is 3.42. The van der Waals surface area contributed by atoms with Crippen molar-refractivity contribution >= 4 is 17.5 Å². The maximum atomic E-state index is 12.6. The van der Waals surface area contributed by atoms with Crippen molar-refractivity contribution in [2.45, 2.75) is 31.1 Å². The van der Waals surface area contributed by atoms with E-state index in [0.717, 1.165) is 5.56 Å². The predicted molar refractivity (Wildman–Crippen MR) is 95.2 cm³/mol. The number of aliphatic hydroxyl groups excluding tert-OH is 3. The molecule has 1 aromatic carbocycles. The molecule has 0 bridgehead atoms. The summed E-state index contributed by atoms with van der Waals surface area (Å²) in [5.41, 5.74) is 2.29. The zero-order valence-corrected chi connectivity index (χ0v) is 14.8. The van der Waals surface area contributed by atoms with Gasteiger partial charge in [-0.25, -0.2) is 0 Å². The highest BCUT2D eigenvalue weighted by Crippen LogP contribution is 2.25. The number of carbonyl (C=O) groups is 2. The maximum Gasteiger partial charge on any atom is 0.292 e. The van der Waals surface area contributed by atoms with Crippen molar-refractivity contribution in [1.82, 2.24) is 5.32 Å². The number of aromatic nitrogens is 1. The van der Waals surface area contributed by atoms with Crippen molar-refractivity contribution < 1.29 is 34.2 Å². The third kappa shape index (κ3) is 3.25. The number of fused-ring (bicyclic) bond motifs is 1. The normalized spacial score (nSPS) is 26.0. The van der Waals surface area contributed by atoms with Crippen LogP contribution in [0.1, 0.15) is 32.5 Å². The summed E-state index contributed by atoms with van der Waals surface area (Å²) in [4.78, 5) is 24.2. The number of ether oxygens (including phenoxy) is 1. The van der Waals surface area contributed by atoms with Gasteiger partial charge < -0.3 is 30.7 Å². The van der Waals surface area contributed by atoms with Crippen LogP contribution in [-0.4, -0.2) is 52.1 Å². The molecular weight excluding hydrogens is 366 g/mol. The zero-order valence-electron chi connectivity index (χ0n) is 14.8. The monoisotopic (exact) mass is 386 g/mol. The smallest absolute Gasteiger partial charge is 0.292 e. The molecule has 146 valence electrons. The number of nitrogens with one attached hydrogen (secondary N) is 2. The van der Waals surface area contributed by atoms with Crippen LogP contribution >= 0.6 is 0 Å². The fraction of sp³-hybridized carbons (Fsp3) is 0.316. The Morgan fingerprint density at radius 3 is 2.86 bits per heavy atom. The molecule has 9 nitrogen and oxygen atoms in total. The zero-order chi connectivity index (χ0) is 19.8. The van der Waals surface area contributed by atoms with Gasteiger partial charge in [-0.3, -0.25) is 9.59 Å². The lowest BCUT2D eigenvalue weighted by Gasteiger charge is -2.11. The summed E-state index contributed by atoms with van der Waals surface area (Å²) in [6, 6.07) is 8.29. The summed E-state index contributed by atoms with van der Waals surface area (Å²) in [5.74, 6) is -0.506. The van der Waals surface area contributed by atoms with Gasteiger partial charge in [0, 0.05) is 23.9 Å². The first-order valence-electron chi connectivity index (χ1n) is 8.83. The highest BCUT2D eigenvalue weighted by atomic mass is 16.6. The molecule has 0 aliphatic carbocycles. The number of anilines is 1. The Morgan fingerprint density at radius 2 is 2.11 bits per heavy atom. The average molecular weight is 386 g/mol. The van der Waals surface area contributed by atoms with E-state index in [1.165, 1.54) is 10.8 Å². The topological polar surface area (TPSA) is 132 Å². The highest BCUT2D eigenvalue weighted by molar-refractivity contribution is 6.04. The first kappa shape index (κ1) is 18.5. The van der Waals surface area contributed by atoms with E-state index in [9.17, 15) is 24.9 Å². The lowest BCUT2D eigenvalue weighted by molar-refractivity contribution is -0.765. The van der Waals surface area contributed by atoms with Crippen molar-refractivity contribution in [2.24, 2.45) is 0 Å². The van der Waals surface area contributed by atoms with Gasteiger partial charge in [-0.05, 0) is 29.8 Å². The third-order valence-corrected chi connectivity index (χ3v) is 4.94. The number of aliphatic hydroxyl groups is 3. The van der Waals surface area contributed by atoms with Crippen LogP contribution in [0.3, 0.4) is 0 Å². The van der Waals surface area contributed by atoms with Gasteiger partial charge in [-0.1, -0.05) is 0 Å². The molecule has 5 N–H and O–H groups in total. The van der Waals surface area contributed by atoms with Crippen LogP contribution in [0.2, 0.25) is 0 Å². The Hall–Kier alpha value is -2.85. The van der Waals surface area contributed by atoms with Gasteiger partial charge in [0.15, 0.2) is 18.5 Å². The van der Waals surface area contributed by atoms with E-state index in [1.807, 2.05) is 0 Å². The Morgan fingerprint density at radius 1 is 1.29 bits per heavy atom. The van der Waals surface area contributed by atoms with Crippen LogP contribution < -0.4 is 15.2 Å². The van der Waals surface area contributed by atoms with Crippen LogP contribution in [0.5, 0.6) is 0 Å². The van der Waals surface area contributed by atoms with Crippen molar-refractivity contribution in [1.29, 1.82) is 0 Å². The molecule has 0 radical (unpaired) electrons. The van der Waals surface area contributed by atoms with Gasteiger partial charge >= 0.3 is 0 Å². The Bertz CT molecular complexity index is 934. The van der Waals surface area contributed by atoms with Gasteiger partial charge in [-0.15, -0.1) is 0 Å². The number of amides is 2. The van der Waals surface area contributed by atoms with Gasteiger partial charge in [-0.2, -0.15) is 4.57 Å². The second-order valence-electron chi connectivity index (χ2n) is 6.78. The molecule has 9 heteroatoms. The maximum absolute atomic E-state index is 12.6. The summed E-state index contributed by atoms with van der Waals surface area (Å²) in [6.07, 6.45) is -1.17. The van der Waals surface area contributed by atoms with E-state index in [1.54, 1.807) is 36.5 Å². The Labute approximate surface area is 160 Å². The molecule has 0 spiro atoms. The van der Waals surface area contributed by atoms with Gasteiger partial charge in [0.1, 0.15) is 17.8 Å². The predicted octanol–water partition coefficient (Wildman–Crippen LogP) is -0.919. The summed E-state index contributed by atoms with van der Waals surface area (Å²) >= 11 is 0. The molecule has 2 amide bonds. The molecule has 1 aromatic heterocycles. The van der Waals surface area contributed by atoms with Crippen molar-refractivity contribution in [3.63, 3.8) is 0 Å². The number of pyridine rings is 1. The van der Waals surface area contributed by atoms with Crippen LogP contribution in [-0.2, 0) is 11.3 Å². The molecule has 2 aliphatic rings. The first-order valence-corrected chi connectivity index (χ1v) is 8.83. The summed E-state index contributed by atoms with van der Waals surface area (Å²) in [7, 11) is 0. The van der Waals surface area contributed by atoms with Crippen LogP contribution in [0.25, 0.3) is 0 Å². The number of nitrogens with zero attached hydrogens (tertiary/aromatic N) is 1. The minimum absolute atomic E-state index is 0.129. The molecule has 0 saturated carbocycles. The first-order chi connectivity index (χ1) is 13.5. The fourth-order valence-electron chi connectivity index (χ4n) is 3.42. The second-order valence-corrected chi connectivity index (χ2v) is 6.78. The van der Waals surface area contributed by atoms with Gasteiger partial charge in [0.2, 0.25) is 0 Å². The second kappa shape index (κ2) is 7.28. The Kier molecular flexibility index (Phi) is 4.82. The molecular formula is C19H20N3O6+. The molecule has 4 rings (SSSR count). The van der Waals surface area contributed by atoms with E-state index in [-0.39, 0.29) is 11.8 Å². The molecule has 28 heavy (non-hydrogen) atoms. The number of hydrogen-bond acceptors (Lipinski definition) is 6. The van der Waals surface area contributed by atoms with E-state index < -0.39 is 31.1 Å². The van der Waals surface area contributed by atoms with Crippen molar-refractivity contribution in [2.75, 3.05) is 11.9 Å². The average Bonchev–Trinajstić information content (AvgIpc) is 3.21. The lowest BCUT2D eigenvalue weighted by Crippen LogP contribution is -2.46. The molecule has 0 unspecified atom stereocenters. The summed E-state index contributed by atoms with van der Waals surface area (Å²) < 4.78 is 6.95. The van der Waals surface area contributed by atoms with E-state index in [2.05, 4.69) is 10.6 Å². The number of benzene rings is 1. The largest absolute Gasteiger partial charge is 0.394 e. The minimum Gasteiger partial charge on any atom is -0.394 e. The number of hydrogen-bond donors (Lipinski definition) is 5. The van der Waals surface area contributed by atoms with Crippen molar-refractivity contribution in [3.8, 4) is 0 Å². The van der Waals surface area contributed by atoms with Crippen LogP contribution in [0, 0.1) is 0 Å². The van der Waals surface area contributed by atoms with Crippen LogP contribution in [0.15, 0.2) is 42.7 Å². The molecule has 2 aliphatic heterocycles. The summed E-state index contributed by atoms with van der Waals surface area (Å²) in [6.45, 7) is -0.000373. The van der Waals surface area contributed by atoms with E-state index in [4.69, 9.17) is 4.74 Å². The molecule has 3 heterocycles. The van der Waals surface area contributed by atoms with E-state index >= 15 is 0 Å². The number of carbonyl (C=O) groups excluding carboxylic acids is 2. The molecule has 2 aromatic rings. The SMILES string of the molecule is O=C(Nc1ccc2c(c1)CNC2=O)c1ccc[n+]([C@@H]2O[C@H](CO)[C@@H](O)[C@H]2O)c1. The highest BCUT2D eigenvalue weighted by Gasteiger charge is 2.48. The Balaban J connectivity index is 1.52. The third-order valence-electron chi connectivity index (χ3n) is 4.94. The van der Waals surface area contributed by atoms with Gasteiger partial charge in [0.05, 0.1) is 6.61 Å². The van der Waals surface area contributed by atoms with Crippen molar-refractivity contribution in [3.05, 3.63) is 59.4 Å². The standard InChI is InChI=1S/C19H19N3O6/c23-9-14-15(24)16(25)19(28-14)22-5-1-2-10(8-22)17(26)21-12-3-4-13-11(6-12)7-20-18(13)27/h1-6,8,14-16,19,23-25H,7,9H2,(H-,20,21,26,27)/p+1/t14-,15-,16-,19-/m1/s1. The molecule has 4 atom stereocenters. The van der Waals surface area contributed by atoms with Crippen LogP contribution in [0.4, 0.5) is 5.69 Å². The molecule has 1 saturated heterocycles. The van der Waals surface area contributed by atoms with E-state index in [0.29, 0.717) is 23.4 Å². The molecule has 1 fully saturated rings. The number of rotatable bonds is 4. The lowest BCUT2D eigenvalue weighted by atomic mass is 10.1. The van der Waals surface area contributed by atoms with Gasteiger partial charge in [0.25, 0.3) is 18.0 Å². The quantitative estimate of drug-likeness (QED) is 0.432. The minimum atomic E-state index is -1.23.